The van der Waals surface area contributed by atoms with Gasteiger partial charge in [-0.1, -0.05) is 6.92 Å². The quantitative estimate of drug-likeness (QED) is 0.814. The molecule has 0 amide bonds. The summed E-state index contributed by atoms with van der Waals surface area (Å²) in [6, 6.07) is 0. The van der Waals surface area contributed by atoms with Crippen LogP contribution in [-0.4, -0.2) is 60.9 Å². The molecular formula is C14H26N6O. The summed E-state index contributed by atoms with van der Waals surface area (Å²) in [4.78, 5) is 18.0. The molecule has 0 saturated carbocycles. The first kappa shape index (κ1) is 15.8. The van der Waals surface area contributed by atoms with E-state index in [0.29, 0.717) is 5.95 Å². The van der Waals surface area contributed by atoms with Crippen molar-refractivity contribution in [2.24, 2.45) is 0 Å². The first-order chi connectivity index (χ1) is 10.3. The summed E-state index contributed by atoms with van der Waals surface area (Å²) >= 11 is 0. The van der Waals surface area contributed by atoms with Crippen LogP contribution < -0.4 is 15.1 Å². The largest absolute Gasteiger partial charge is 0.378 e. The SMILES string of the molecule is CCCNc1nc(N(CC)CC)nc(N2CCOCC2)n1. The lowest BCUT2D eigenvalue weighted by Crippen LogP contribution is -2.38. The van der Waals surface area contributed by atoms with Gasteiger partial charge >= 0.3 is 0 Å². The number of rotatable bonds is 7. The number of ether oxygens (including phenoxy) is 1. The average molecular weight is 294 g/mol. The smallest absolute Gasteiger partial charge is 0.232 e. The number of nitrogens with zero attached hydrogens (tertiary/aromatic N) is 5. The molecule has 0 unspecified atom stereocenters. The molecule has 1 fully saturated rings. The Morgan fingerprint density at radius 2 is 1.81 bits per heavy atom. The van der Waals surface area contributed by atoms with E-state index in [-0.39, 0.29) is 0 Å². The fourth-order valence-corrected chi connectivity index (χ4v) is 2.22. The molecule has 0 bridgehead atoms. The van der Waals surface area contributed by atoms with E-state index in [4.69, 9.17) is 4.74 Å². The van der Waals surface area contributed by atoms with Crippen LogP contribution >= 0.6 is 0 Å². The van der Waals surface area contributed by atoms with Gasteiger partial charge in [0.25, 0.3) is 0 Å². The van der Waals surface area contributed by atoms with E-state index >= 15 is 0 Å². The van der Waals surface area contributed by atoms with Crippen molar-refractivity contribution in [2.45, 2.75) is 27.2 Å². The van der Waals surface area contributed by atoms with Crippen molar-refractivity contribution in [3.8, 4) is 0 Å². The lowest BCUT2D eigenvalue weighted by Gasteiger charge is -2.28. The summed E-state index contributed by atoms with van der Waals surface area (Å²) < 4.78 is 5.40. The van der Waals surface area contributed by atoms with Crippen molar-refractivity contribution in [3.05, 3.63) is 0 Å². The molecule has 1 aliphatic rings. The van der Waals surface area contributed by atoms with Gasteiger partial charge in [0.1, 0.15) is 0 Å². The molecule has 2 heterocycles. The summed E-state index contributed by atoms with van der Waals surface area (Å²) in [5.41, 5.74) is 0. The second-order valence-electron chi connectivity index (χ2n) is 4.96. The van der Waals surface area contributed by atoms with Crippen molar-refractivity contribution in [3.63, 3.8) is 0 Å². The predicted molar refractivity (Wildman–Crippen MR) is 85.2 cm³/mol. The van der Waals surface area contributed by atoms with E-state index in [9.17, 15) is 0 Å². The van der Waals surface area contributed by atoms with Gasteiger partial charge in [0.15, 0.2) is 0 Å². The molecule has 2 rings (SSSR count). The molecule has 21 heavy (non-hydrogen) atoms. The molecule has 1 aromatic heterocycles. The van der Waals surface area contributed by atoms with Gasteiger partial charge in [0.05, 0.1) is 13.2 Å². The Morgan fingerprint density at radius 3 is 2.43 bits per heavy atom. The van der Waals surface area contributed by atoms with Crippen LogP contribution in [0.25, 0.3) is 0 Å². The van der Waals surface area contributed by atoms with Crippen LogP contribution in [0.1, 0.15) is 27.2 Å². The highest BCUT2D eigenvalue weighted by Crippen LogP contribution is 2.17. The number of anilines is 3. The minimum Gasteiger partial charge on any atom is -0.378 e. The van der Waals surface area contributed by atoms with E-state index in [1.165, 1.54) is 0 Å². The highest BCUT2D eigenvalue weighted by molar-refractivity contribution is 5.45. The van der Waals surface area contributed by atoms with Crippen molar-refractivity contribution >= 4 is 17.8 Å². The Hall–Kier alpha value is -1.63. The Kier molecular flexibility index (Phi) is 5.98. The third-order valence-electron chi connectivity index (χ3n) is 3.49. The fourth-order valence-electron chi connectivity index (χ4n) is 2.22. The Morgan fingerprint density at radius 1 is 1.10 bits per heavy atom. The maximum absolute atomic E-state index is 5.40. The highest BCUT2D eigenvalue weighted by Gasteiger charge is 2.18. The topological polar surface area (TPSA) is 66.4 Å². The molecule has 1 N–H and O–H groups in total. The Bertz CT molecular complexity index is 431. The standard InChI is InChI=1S/C14H26N6O/c1-4-7-15-12-16-13(19(5-2)6-3)18-14(17-12)20-8-10-21-11-9-20/h4-11H2,1-3H3,(H,15,16,17,18). The highest BCUT2D eigenvalue weighted by atomic mass is 16.5. The lowest BCUT2D eigenvalue weighted by atomic mass is 10.4. The number of hydrogen-bond donors (Lipinski definition) is 1. The van der Waals surface area contributed by atoms with Crippen LogP contribution in [0.2, 0.25) is 0 Å². The van der Waals surface area contributed by atoms with Gasteiger partial charge in [-0.3, -0.25) is 0 Å². The van der Waals surface area contributed by atoms with Crippen LogP contribution in [0.15, 0.2) is 0 Å². The predicted octanol–water partition coefficient (Wildman–Crippen LogP) is 1.38. The van der Waals surface area contributed by atoms with Crippen LogP contribution in [-0.2, 0) is 4.74 Å². The monoisotopic (exact) mass is 294 g/mol. The maximum Gasteiger partial charge on any atom is 0.232 e. The number of nitrogens with one attached hydrogen (secondary N) is 1. The Labute approximate surface area is 126 Å². The van der Waals surface area contributed by atoms with Gasteiger partial charge in [0, 0.05) is 32.7 Å². The molecular weight excluding hydrogens is 268 g/mol. The first-order valence-corrected chi connectivity index (χ1v) is 7.86. The molecule has 0 atom stereocenters. The maximum atomic E-state index is 5.40. The third-order valence-corrected chi connectivity index (χ3v) is 3.49. The van der Waals surface area contributed by atoms with E-state index < -0.39 is 0 Å². The van der Waals surface area contributed by atoms with Gasteiger partial charge < -0.3 is 19.9 Å². The molecule has 0 aromatic carbocycles. The summed E-state index contributed by atoms with van der Waals surface area (Å²) in [5.74, 6) is 2.15. The summed E-state index contributed by atoms with van der Waals surface area (Å²) in [5, 5.41) is 3.27. The zero-order valence-corrected chi connectivity index (χ0v) is 13.3. The number of hydrogen-bond acceptors (Lipinski definition) is 7. The zero-order valence-electron chi connectivity index (χ0n) is 13.3. The first-order valence-electron chi connectivity index (χ1n) is 7.86. The van der Waals surface area contributed by atoms with Crippen LogP contribution in [0.5, 0.6) is 0 Å². The average Bonchev–Trinajstić information content (AvgIpc) is 2.55. The van der Waals surface area contributed by atoms with E-state index in [0.717, 1.165) is 64.3 Å². The molecule has 1 aliphatic heterocycles. The molecule has 7 nitrogen and oxygen atoms in total. The molecule has 7 heteroatoms. The van der Waals surface area contributed by atoms with E-state index in [2.05, 4.69) is 50.8 Å². The van der Waals surface area contributed by atoms with Gasteiger partial charge in [-0.15, -0.1) is 0 Å². The number of morpholine rings is 1. The van der Waals surface area contributed by atoms with Crippen LogP contribution in [0.4, 0.5) is 17.8 Å². The van der Waals surface area contributed by atoms with Crippen LogP contribution in [0.3, 0.4) is 0 Å². The Balaban J connectivity index is 2.26. The van der Waals surface area contributed by atoms with Crippen molar-refractivity contribution in [2.75, 3.05) is 61.1 Å². The van der Waals surface area contributed by atoms with Crippen molar-refractivity contribution in [1.82, 2.24) is 15.0 Å². The molecule has 1 aromatic rings. The van der Waals surface area contributed by atoms with Gasteiger partial charge in [-0.2, -0.15) is 15.0 Å². The minimum absolute atomic E-state index is 0.662. The van der Waals surface area contributed by atoms with E-state index in [1.54, 1.807) is 0 Å². The number of aromatic nitrogens is 3. The third kappa shape index (κ3) is 4.17. The van der Waals surface area contributed by atoms with Gasteiger partial charge in [-0.05, 0) is 20.3 Å². The summed E-state index contributed by atoms with van der Waals surface area (Å²) in [7, 11) is 0. The molecule has 0 aliphatic carbocycles. The van der Waals surface area contributed by atoms with Gasteiger partial charge in [-0.25, -0.2) is 0 Å². The zero-order chi connectivity index (χ0) is 15.1. The van der Waals surface area contributed by atoms with Crippen molar-refractivity contribution < 1.29 is 4.74 Å². The lowest BCUT2D eigenvalue weighted by molar-refractivity contribution is 0.122. The molecule has 0 radical (unpaired) electrons. The summed E-state index contributed by atoms with van der Waals surface area (Å²) in [6.07, 6.45) is 1.04. The second kappa shape index (κ2) is 7.97. The normalized spacial score (nSPS) is 15.1. The van der Waals surface area contributed by atoms with Crippen molar-refractivity contribution in [1.29, 1.82) is 0 Å². The van der Waals surface area contributed by atoms with E-state index in [1.807, 2.05) is 0 Å². The second-order valence-corrected chi connectivity index (χ2v) is 4.96. The molecule has 1 saturated heterocycles. The van der Waals surface area contributed by atoms with Gasteiger partial charge in [0.2, 0.25) is 17.8 Å². The fraction of sp³-hybridized carbons (Fsp3) is 0.786. The molecule has 0 spiro atoms. The minimum atomic E-state index is 0.662. The summed E-state index contributed by atoms with van der Waals surface area (Å²) in [6.45, 7) is 12.1. The molecule has 118 valence electrons. The van der Waals surface area contributed by atoms with Crippen LogP contribution in [0, 0.1) is 0 Å².